The summed E-state index contributed by atoms with van der Waals surface area (Å²) in [5, 5.41) is 0. The fourth-order valence-corrected chi connectivity index (χ4v) is 3.44. The lowest BCUT2D eigenvalue weighted by molar-refractivity contribution is -0.159. The van der Waals surface area contributed by atoms with Crippen LogP contribution in [0.15, 0.2) is 54.6 Å². The molecule has 1 aliphatic rings. The maximum absolute atomic E-state index is 12.8. The van der Waals surface area contributed by atoms with Gasteiger partial charge in [0.25, 0.3) is 0 Å². The summed E-state index contributed by atoms with van der Waals surface area (Å²) in [6.45, 7) is 0.353. The van der Waals surface area contributed by atoms with E-state index in [1.165, 1.54) is 7.11 Å². The maximum atomic E-state index is 12.8. The van der Waals surface area contributed by atoms with Crippen molar-refractivity contribution < 1.29 is 19.1 Å². The molecule has 2 aromatic rings. The second-order valence-electron chi connectivity index (χ2n) is 6.05. The highest BCUT2D eigenvalue weighted by Crippen LogP contribution is 2.42. The molecule has 25 heavy (non-hydrogen) atoms. The van der Waals surface area contributed by atoms with Crippen LogP contribution < -0.4 is 4.74 Å². The highest BCUT2D eigenvalue weighted by Gasteiger charge is 2.53. The Bertz CT molecular complexity index is 774. The third kappa shape index (κ3) is 2.97. The number of likely N-dealkylation sites (tertiary alicyclic amines) is 1. The molecule has 1 fully saturated rings. The number of rotatable bonds is 5. The number of esters is 1. The molecular formula is C20H21NO4. The Morgan fingerprint density at radius 1 is 1.12 bits per heavy atom. The van der Waals surface area contributed by atoms with Crippen LogP contribution in [-0.4, -0.2) is 31.0 Å². The molecule has 3 rings (SSSR count). The van der Waals surface area contributed by atoms with Crippen LogP contribution in [0, 0.1) is 0 Å². The summed E-state index contributed by atoms with van der Waals surface area (Å²) in [7, 11) is 2.93. The summed E-state index contributed by atoms with van der Waals surface area (Å²) in [6, 6.07) is 16.9. The molecule has 0 aliphatic carbocycles. The lowest BCUT2D eigenvalue weighted by Crippen LogP contribution is -2.49. The molecule has 0 saturated carbocycles. The van der Waals surface area contributed by atoms with Gasteiger partial charge in [-0.2, -0.15) is 0 Å². The van der Waals surface area contributed by atoms with Gasteiger partial charge in [0, 0.05) is 13.0 Å². The molecule has 1 heterocycles. The van der Waals surface area contributed by atoms with Crippen LogP contribution in [0.1, 0.15) is 24.0 Å². The van der Waals surface area contributed by atoms with E-state index in [9.17, 15) is 9.59 Å². The van der Waals surface area contributed by atoms with E-state index in [1.807, 2.05) is 48.5 Å². The van der Waals surface area contributed by atoms with Crippen molar-refractivity contribution in [3.63, 3.8) is 0 Å². The molecule has 1 aliphatic heterocycles. The summed E-state index contributed by atoms with van der Waals surface area (Å²) in [4.78, 5) is 27.1. The molecule has 5 nitrogen and oxygen atoms in total. The number of nitrogens with zero attached hydrogens (tertiary/aromatic N) is 1. The minimum Gasteiger partial charge on any atom is -0.497 e. The molecule has 0 radical (unpaired) electrons. The lowest BCUT2D eigenvalue weighted by Gasteiger charge is -2.36. The first-order chi connectivity index (χ1) is 12.1. The fraction of sp³-hybridized carbons (Fsp3) is 0.300. The highest BCUT2D eigenvalue weighted by atomic mass is 16.5. The zero-order valence-corrected chi connectivity index (χ0v) is 14.4. The molecule has 130 valence electrons. The van der Waals surface area contributed by atoms with E-state index in [0.717, 1.165) is 5.56 Å². The Morgan fingerprint density at radius 3 is 2.56 bits per heavy atom. The minimum atomic E-state index is -1.13. The van der Waals surface area contributed by atoms with Crippen LogP contribution in [0.3, 0.4) is 0 Å². The van der Waals surface area contributed by atoms with Crippen molar-refractivity contribution >= 4 is 11.9 Å². The van der Waals surface area contributed by atoms with Crippen LogP contribution in [0.5, 0.6) is 5.75 Å². The first-order valence-corrected chi connectivity index (χ1v) is 8.19. The molecule has 1 atom stereocenters. The van der Waals surface area contributed by atoms with E-state index in [2.05, 4.69) is 0 Å². The summed E-state index contributed by atoms with van der Waals surface area (Å²) >= 11 is 0. The molecule has 0 spiro atoms. The van der Waals surface area contributed by atoms with E-state index < -0.39 is 11.5 Å². The standard InChI is InChI=1S/C20H21NO4/c1-24-17-10-6-9-16(13-17)20(19(23)25-2)12-11-18(22)21(20)14-15-7-4-3-5-8-15/h3-10,13H,11-12,14H2,1-2H3. The van der Waals surface area contributed by atoms with E-state index in [1.54, 1.807) is 18.1 Å². The Labute approximate surface area is 147 Å². The SMILES string of the molecule is COC(=O)C1(c2cccc(OC)c2)CCC(=O)N1Cc1ccccc1. The summed E-state index contributed by atoms with van der Waals surface area (Å²) < 4.78 is 10.4. The van der Waals surface area contributed by atoms with Crippen molar-refractivity contribution in [2.45, 2.75) is 24.9 Å². The molecule has 0 bridgehead atoms. The molecule has 2 aromatic carbocycles. The fourth-order valence-electron chi connectivity index (χ4n) is 3.44. The topological polar surface area (TPSA) is 55.8 Å². The summed E-state index contributed by atoms with van der Waals surface area (Å²) in [6.07, 6.45) is 0.692. The number of carbonyl (C=O) groups excluding carboxylic acids is 2. The summed E-state index contributed by atoms with van der Waals surface area (Å²) in [5.41, 5.74) is 0.547. The van der Waals surface area contributed by atoms with Crippen LogP contribution >= 0.6 is 0 Å². The molecule has 1 saturated heterocycles. The molecule has 1 unspecified atom stereocenters. The van der Waals surface area contributed by atoms with Gasteiger partial charge in [0.05, 0.1) is 14.2 Å². The van der Waals surface area contributed by atoms with E-state index in [0.29, 0.717) is 30.7 Å². The normalized spacial score (nSPS) is 19.8. The van der Waals surface area contributed by atoms with Gasteiger partial charge in [-0.15, -0.1) is 0 Å². The Morgan fingerprint density at radius 2 is 1.88 bits per heavy atom. The number of methoxy groups -OCH3 is 2. The van der Waals surface area contributed by atoms with Gasteiger partial charge in [-0.25, -0.2) is 4.79 Å². The van der Waals surface area contributed by atoms with Gasteiger partial charge in [0.15, 0.2) is 5.54 Å². The van der Waals surface area contributed by atoms with Crippen LogP contribution in [0.2, 0.25) is 0 Å². The third-order valence-corrected chi connectivity index (χ3v) is 4.72. The Hall–Kier alpha value is -2.82. The predicted molar refractivity (Wildman–Crippen MR) is 92.9 cm³/mol. The van der Waals surface area contributed by atoms with E-state index in [-0.39, 0.29) is 5.91 Å². The van der Waals surface area contributed by atoms with E-state index in [4.69, 9.17) is 9.47 Å². The Kier molecular flexibility index (Phi) is 4.74. The monoisotopic (exact) mass is 339 g/mol. The smallest absolute Gasteiger partial charge is 0.336 e. The van der Waals surface area contributed by atoms with Gasteiger partial charge >= 0.3 is 5.97 Å². The van der Waals surface area contributed by atoms with E-state index >= 15 is 0 Å². The second kappa shape index (κ2) is 6.97. The average Bonchev–Trinajstić information content (AvgIpc) is 2.99. The number of carbonyl (C=O) groups is 2. The minimum absolute atomic E-state index is 0.0583. The number of hydrogen-bond acceptors (Lipinski definition) is 4. The van der Waals surface area contributed by atoms with Gasteiger partial charge in [0.2, 0.25) is 5.91 Å². The molecular weight excluding hydrogens is 318 g/mol. The first-order valence-electron chi connectivity index (χ1n) is 8.19. The van der Waals surface area contributed by atoms with Crippen molar-refractivity contribution in [1.82, 2.24) is 4.90 Å². The van der Waals surface area contributed by atoms with Crippen LogP contribution in [0.4, 0.5) is 0 Å². The number of benzene rings is 2. The van der Waals surface area contributed by atoms with Gasteiger partial charge in [-0.05, 0) is 29.7 Å². The maximum Gasteiger partial charge on any atom is 0.336 e. The average molecular weight is 339 g/mol. The van der Waals surface area contributed by atoms with Gasteiger partial charge in [-0.3, -0.25) is 4.79 Å². The second-order valence-corrected chi connectivity index (χ2v) is 6.05. The highest BCUT2D eigenvalue weighted by molar-refractivity contribution is 5.93. The van der Waals surface area contributed by atoms with Crippen molar-refractivity contribution in [1.29, 1.82) is 0 Å². The number of amides is 1. The molecule has 5 heteroatoms. The first kappa shape index (κ1) is 17.0. The van der Waals surface area contributed by atoms with Gasteiger partial charge in [-0.1, -0.05) is 42.5 Å². The van der Waals surface area contributed by atoms with Crippen LogP contribution in [0.25, 0.3) is 0 Å². The zero-order chi connectivity index (χ0) is 17.9. The van der Waals surface area contributed by atoms with Crippen molar-refractivity contribution in [2.24, 2.45) is 0 Å². The van der Waals surface area contributed by atoms with Gasteiger partial charge in [0.1, 0.15) is 5.75 Å². The predicted octanol–water partition coefficient (Wildman–Crippen LogP) is 2.89. The zero-order valence-electron chi connectivity index (χ0n) is 14.4. The van der Waals surface area contributed by atoms with Crippen molar-refractivity contribution in [3.05, 3.63) is 65.7 Å². The van der Waals surface area contributed by atoms with Crippen LogP contribution in [-0.2, 0) is 26.4 Å². The molecule has 0 aromatic heterocycles. The third-order valence-electron chi connectivity index (χ3n) is 4.72. The largest absolute Gasteiger partial charge is 0.497 e. The number of hydrogen-bond donors (Lipinski definition) is 0. The summed E-state index contributed by atoms with van der Waals surface area (Å²) in [5.74, 6) is 0.152. The lowest BCUT2D eigenvalue weighted by atomic mass is 9.86. The Balaban J connectivity index is 2.09. The number of ether oxygens (including phenoxy) is 2. The van der Waals surface area contributed by atoms with Crippen molar-refractivity contribution in [2.75, 3.05) is 14.2 Å². The molecule has 0 N–H and O–H groups in total. The van der Waals surface area contributed by atoms with Crippen molar-refractivity contribution in [3.8, 4) is 5.75 Å². The molecule has 1 amide bonds. The quantitative estimate of drug-likeness (QED) is 0.786. The van der Waals surface area contributed by atoms with Gasteiger partial charge < -0.3 is 14.4 Å².